The molecule has 1 aromatic rings. The molecule has 0 radical (unpaired) electrons. The van der Waals surface area contributed by atoms with Crippen LogP contribution in [0.2, 0.25) is 0 Å². The Morgan fingerprint density at radius 3 is 2.78 bits per heavy atom. The largest absolute Gasteiger partial charge is 0.308 e. The molecule has 1 aromatic carbocycles. The number of hydrogen-bond acceptors (Lipinski definition) is 2. The maximum atomic E-state index is 3.85. The second-order valence-electron chi connectivity index (χ2n) is 5.39. The summed E-state index contributed by atoms with van der Waals surface area (Å²) in [7, 11) is 0. The van der Waals surface area contributed by atoms with Crippen LogP contribution in [-0.2, 0) is 13.0 Å². The van der Waals surface area contributed by atoms with Gasteiger partial charge in [-0.05, 0) is 31.4 Å². The highest BCUT2D eigenvalue weighted by Crippen LogP contribution is 2.17. The molecule has 1 unspecified atom stereocenters. The van der Waals surface area contributed by atoms with Gasteiger partial charge in [0.05, 0.1) is 0 Å². The third-order valence-electron chi connectivity index (χ3n) is 3.71. The highest BCUT2D eigenvalue weighted by atomic mass is 15.2. The highest BCUT2D eigenvalue weighted by Gasteiger charge is 2.20. The summed E-state index contributed by atoms with van der Waals surface area (Å²) in [5.41, 5.74) is 2.96. The van der Waals surface area contributed by atoms with E-state index in [0.29, 0.717) is 12.1 Å². The minimum atomic E-state index is 0.558. The first-order chi connectivity index (χ1) is 8.70. The van der Waals surface area contributed by atoms with Crippen molar-refractivity contribution in [2.45, 2.75) is 38.9 Å². The smallest absolute Gasteiger partial charge is 0.0238 e. The molecule has 2 rings (SSSR count). The Hall–Kier alpha value is -1.12. The van der Waals surface area contributed by atoms with Gasteiger partial charge in [-0.2, -0.15) is 0 Å². The highest BCUT2D eigenvalue weighted by molar-refractivity contribution is 5.29. The monoisotopic (exact) mass is 244 g/mol. The molecule has 0 amide bonds. The Kier molecular flexibility index (Phi) is 4.56. The zero-order valence-corrected chi connectivity index (χ0v) is 11.5. The van der Waals surface area contributed by atoms with E-state index < -0.39 is 0 Å². The fraction of sp³-hybridized carbons (Fsp3) is 0.500. The van der Waals surface area contributed by atoms with E-state index in [-0.39, 0.29) is 0 Å². The molecule has 0 aliphatic carbocycles. The van der Waals surface area contributed by atoms with E-state index >= 15 is 0 Å². The average Bonchev–Trinajstić information content (AvgIpc) is 2.38. The van der Waals surface area contributed by atoms with Crippen LogP contribution in [0.1, 0.15) is 25.0 Å². The summed E-state index contributed by atoms with van der Waals surface area (Å²) in [5, 5.41) is 3.64. The molecule has 1 N–H and O–H groups in total. The number of fused-ring (bicyclic) bond motifs is 1. The molecule has 1 aliphatic heterocycles. The third kappa shape index (κ3) is 3.21. The lowest BCUT2D eigenvalue weighted by Crippen LogP contribution is -2.46. The van der Waals surface area contributed by atoms with Gasteiger partial charge in [-0.25, -0.2) is 0 Å². The van der Waals surface area contributed by atoms with Gasteiger partial charge in [0.25, 0.3) is 0 Å². The van der Waals surface area contributed by atoms with Gasteiger partial charge in [0, 0.05) is 31.7 Å². The van der Waals surface area contributed by atoms with E-state index in [0.717, 1.165) is 26.1 Å². The van der Waals surface area contributed by atoms with Crippen molar-refractivity contribution in [2.24, 2.45) is 0 Å². The topological polar surface area (TPSA) is 15.3 Å². The minimum absolute atomic E-state index is 0.558. The van der Waals surface area contributed by atoms with Crippen LogP contribution in [0, 0.1) is 0 Å². The summed E-state index contributed by atoms with van der Waals surface area (Å²) in [6, 6.07) is 9.88. The van der Waals surface area contributed by atoms with Gasteiger partial charge in [-0.3, -0.25) is 4.90 Å². The molecule has 1 atom stereocenters. The van der Waals surface area contributed by atoms with Gasteiger partial charge in [0.15, 0.2) is 0 Å². The SMILES string of the molecule is C=CCN(CC1Cc2ccccc2CN1)C(C)C. The fourth-order valence-corrected chi connectivity index (χ4v) is 2.60. The lowest BCUT2D eigenvalue weighted by molar-refractivity contribution is 0.213. The molecular formula is C16H24N2. The summed E-state index contributed by atoms with van der Waals surface area (Å²) in [6.45, 7) is 11.4. The van der Waals surface area contributed by atoms with E-state index in [1.54, 1.807) is 0 Å². The van der Waals surface area contributed by atoms with Crippen molar-refractivity contribution in [1.29, 1.82) is 0 Å². The average molecular weight is 244 g/mol. The zero-order chi connectivity index (χ0) is 13.0. The maximum Gasteiger partial charge on any atom is 0.0238 e. The molecule has 0 aromatic heterocycles. The van der Waals surface area contributed by atoms with Crippen molar-refractivity contribution in [3.05, 3.63) is 48.0 Å². The first kappa shape index (κ1) is 13.3. The predicted octanol–water partition coefficient (Wildman–Crippen LogP) is 2.60. The normalized spacial score (nSPS) is 19.0. The molecule has 0 bridgehead atoms. The first-order valence-corrected chi connectivity index (χ1v) is 6.86. The van der Waals surface area contributed by atoms with Crippen LogP contribution < -0.4 is 5.32 Å². The minimum Gasteiger partial charge on any atom is -0.308 e. The Morgan fingerprint density at radius 2 is 2.11 bits per heavy atom. The van der Waals surface area contributed by atoms with E-state index in [1.165, 1.54) is 11.1 Å². The molecule has 2 nitrogen and oxygen atoms in total. The van der Waals surface area contributed by atoms with Crippen LogP contribution in [-0.4, -0.2) is 30.1 Å². The van der Waals surface area contributed by atoms with Crippen LogP contribution in [0.3, 0.4) is 0 Å². The second kappa shape index (κ2) is 6.17. The van der Waals surface area contributed by atoms with Gasteiger partial charge >= 0.3 is 0 Å². The zero-order valence-electron chi connectivity index (χ0n) is 11.5. The second-order valence-corrected chi connectivity index (χ2v) is 5.39. The number of benzene rings is 1. The predicted molar refractivity (Wildman–Crippen MR) is 77.7 cm³/mol. The van der Waals surface area contributed by atoms with Crippen molar-refractivity contribution >= 4 is 0 Å². The maximum absolute atomic E-state index is 3.85. The van der Waals surface area contributed by atoms with E-state index in [1.807, 2.05) is 6.08 Å². The van der Waals surface area contributed by atoms with Crippen LogP contribution in [0.4, 0.5) is 0 Å². The standard InChI is InChI=1S/C16H24N2/c1-4-9-18(13(2)3)12-16-10-14-7-5-6-8-15(14)11-17-16/h4-8,13,16-17H,1,9-12H2,2-3H3. The Bertz CT molecular complexity index is 398. The van der Waals surface area contributed by atoms with Gasteiger partial charge in [0.2, 0.25) is 0 Å². The molecule has 0 spiro atoms. The molecule has 2 heteroatoms. The Balaban J connectivity index is 1.98. The molecule has 98 valence electrons. The van der Waals surface area contributed by atoms with E-state index in [2.05, 4.69) is 54.9 Å². The number of nitrogens with zero attached hydrogens (tertiary/aromatic N) is 1. The molecule has 1 heterocycles. The summed E-state index contributed by atoms with van der Waals surface area (Å²) < 4.78 is 0. The Morgan fingerprint density at radius 1 is 1.39 bits per heavy atom. The van der Waals surface area contributed by atoms with Gasteiger partial charge < -0.3 is 5.32 Å². The molecule has 0 fully saturated rings. The summed E-state index contributed by atoms with van der Waals surface area (Å²) >= 11 is 0. The summed E-state index contributed by atoms with van der Waals surface area (Å²) in [5.74, 6) is 0. The quantitative estimate of drug-likeness (QED) is 0.801. The fourth-order valence-electron chi connectivity index (χ4n) is 2.60. The molecular weight excluding hydrogens is 220 g/mol. The lowest BCUT2D eigenvalue weighted by Gasteiger charge is -2.33. The van der Waals surface area contributed by atoms with Crippen LogP contribution in [0.25, 0.3) is 0 Å². The van der Waals surface area contributed by atoms with Crippen molar-refractivity contribution in [1.82, 2.24) is 10.2 Å². The molecule has 0 saturated heterocycles. The summed E-state index contributed by atoms with van der Waals surface area (Å²) in [4.78, 5) is 2.47. The molecule has 0 saturated carbocycles. The van der Waals surface area contributed by atoms with Gasteiger partial charge in [-0.1, -0.05) is 30.3 Å². The van der Waals surface area contributed by atoms with Gasteiger partial charge in [-0.15, -0.1) is 6.58 Å². The number of nitrogens with one attached hydrogen (secondary N) is 1. The Labute approximate surface area is 111 Å². The van der Waals surface area contributed by atoms with Crippen LogP contribution >= 0.6 is 0 Å². The van der Waals surface area contributed by atoms with Crippen molar-refractivity contribution in [3.8, 4) is 0 Å². The summed E-state index contributed by atoms with van der Waals surface area (Å²) in [6.07, 6.45) is 3.13. The molecule has 1 aliphatic rings. The first-order valence-electron chi connectivity index (χ1n) is 6.86. The van der Waals surface area contributed by atoms with Gasteiger partial charge in [0.1, 0.15) is 0 Å². The number of hydrogen-bond donors (Lipinski definition) is 1. The van der Waals surface area contributed by atoms with Crippen molar-refractivity contribution in [3.63, 3.8) is 0 Å². The lowest BCUT2D eigenvalue weighted by atomic mass is 9.95. The molecule has 18 heavy (non-hydrogen) atoms. The number of rotatable bonds is 5. The van der Waals surface area contributed by atoms with Crippen LogP contribution in [0.5, 0.6) is 0 Å². The van der Waals surface area contributed by atoms with E-state index in [4.69, 9.17) is 0 Å². The van der Waals surface area contributed by atoms with Crippen molar-refractivity contribution < 1.29 is 0 Å². The third-order valence-corrected chi connectivity index (χ3v) is 3.71. The van der Waals surface area contributed by atoms with Crippen molar-refractivity contribution in [2.75, 3.05) is 13.1 Å². The van der Waals surface area contributed by atoms with Crippen LogP contribution in [0.15, 0.2) is 36.9 Å². The van der Waals surface area contributed by atoms with E-state index in [9.17, 15) is 0 Å².